The molecule has 0 radical (unpaired) electrons. The highest BCUT2D eigenvalue weighted by Gasteiger charge is 2.44. The first-order valence-corrected chi connectivity index (χ1v) is 14.0. The third kappa shape index (κ3) is 7.91. The largest absolute Gasteiger partial charge is 0.480 e. The number of hydrogen-bond acceptors (Lipinski definition) is 5. The van der Waals surface area contributed by atoms with Crippen molar-refractivity contribution in [2.75, 3.05) is 33.2 Å². The number of carbonyl (C=O) groups is 4. The molecular weight excluding hydrogens is 508 g/mol. The first-order chi connectivity index (χ1) is 19.2. The average molecular weight is 551 g/mol. The topological polar surface area (TPSA) is 128 Å². The second kappa shape index (κ2) is 14.6. The van der Waals surface area contributed by atoms with Gasteiger partial charge in [-0.25, -0.2) is 0 Å². The molecule has 216 valence electrons. The molecule has 0 bridgehead atoms. The van der Waals surface area contributed by atoms with Crippen LogP contribution in [0.1, 0.15) is 56.6 Å². The van der Waals surface area contributed by atoms with E-state index in [1.54, 1.807) is 4.90 Å². The smallest absolute Gasteiger partial charge is 0.322 e. The minimum absolute atomic E-state index is 0.157. The Bertz CT molecular complexity index is 1130. The van der Waals surface area contributed by atoms with Gasteiger partial charge >= 0.3 is 5.97 Å². The molecule has 0 saturated carbocycles. The van der Waals surface area contributed by atoms with Crippen LogP contribution in [-0.2, 0) is 24.6 Å². The number of carbonyl (C=O) groups excluding carboxylic acids is 3. The number of hydrogen-bond donors (Lipinski definition) is 4. The molecule has 3 amide bonds. The highest BCUT2D eigenvalue weighted by atomic mass is 16.4. The molecule has 1 saturated heterocycles. The molecule has 1 heterocycles. The summed E-state index contributed by atoms with van der Waals surface area (Å²) in [5, 5.41) is 17.8. The van der Waals surface area contributed by atoms with Crippen molar-refractivity contribution in [1.29, 1.82) is 0 Å². The van der Waals surface area contributed by atoms with Gasteiger partial charge < -0.3 is 26.0 Å². The van der Waals surface area contributed by atoms with Gasteiger partial charge in [0.2, 0.25) is 17.7 Å². The van der Waals surface area contributed by atoms with Gasteiger partial charge in [0.15, 0.2) is 0 Å². The summed E-state index contributed by atoms with van der Waals surface area (Å²) in [6.07, 6.45) is 1.80. The maximum Gasteiger partial charge on any atom is 0.322 e. The second-order valence-electron chi connectivity index (χ2n) is 10.9. The fraction of sp³-hybridized carbons (Fsp3) is 0.484. The molecular formula is C31H42N4O5. The monoisotopic (exact) mass is 550 g/mol. The van der Waals surface area contributed by atoms with Gasteiger partial charge in [0, 0.05) is 13.1 Å². The average Bonchev–Trinajstić information content (AvgIpc) is 2.96. The van der Waals surface area contributed by atoms with Crippen LogP contribution in [0.5, 0.6) is 0 Å². The van der Waals surface area contributed by atoms with E-state index < -0.39 is 24.0 Å². The van der Waals surface area contributed by atoms with E-state index in [2.05, 4.69) is 16.0 Å². The SMILES string of the molecule is CNCCC(C(=O)N[C@H](CC(C)C)C(=O)N1CCC(C(=O)NCC(=O)O)(c2ccccc2)CC1)c1ccccc1. The molecule has 2 aromatic rings. The predicted molar refractivity (Wildman–Crippen MR) is 154 cm³/mol. The van der Waals surface area contributed by atoms with Crippen LogP contribution in [-0.4, -0.2) is 73.0 Å². The Hall–Kier alpha value is -3.72. The fourth-order valence-electron chi connectivity index (χ4n) is 5.45. The molecule has 4 N–H and O–H groups in total. The Kier molecular flexibility index (Phi) is 11.3. The molecule has 3 rings (SSSR count). The molecule has 1 unspecified atom stereocenters. The number of amides is 3. The summed E-state index contributed by atoms with van der Waals surface area (Å²) in [6, 6.07) is 18.2. The van der Waals surface area contributed by atoms with Crippen LogP contribution in [0, 0.1) is 5.92 Å². The van der Waals surface area contributed by atoms with Gasteiger partial charge in [-0.3, -0.25) is 19.2 Å². The van der Waals surface area contributed by atoms with Crippen LogP contribution >= 0.6 is 0 Å². The Balaban J connectivity index is 1.77. The molecule has 9 heteroatoms. The predicted octanol–water partition coefficient (Wildman–Crippen LogP) is 2.67. The Labute approximate surface area is 236 Å². The van der Waals surface area contributed by atoms with Crippen LogP contribution in [0.25, 0.3) is 0 Å². The fourth-order valence-corrected chi connectivity index (χ4v) is 5.45. The van der Waals surface area contributed by atoms with E-state index in [9.17, 15) is 19.2 Å². The zero-order chi connectivity index (χ0) is 29.1. The van der Waals surface area contributed by atoms with E-state index in [1.165, 1.54) is 0 Å². The van der Waals surface area contributed by atoms with Crippen LogP contribution in [0.4, 0.5) is 0 Å². The third-order valence-corrected chi connectivity index (χ3v) is 7.61. The molecule has 2 atom stereocenters. The zero-order valence-electron chi connectivity index (χ0n) is 23.7. The van der Waals surface area contributed by atoms with Crippen molar-refractivity contribution < 1.29 is 24.3 Å². The lowest BCUT2D eigenvalue weighted by molar-refractivity contribution is -0.142. The number of likely N-dealkylation sites (tertiary alicyclic amines) is 1. The Morgan fingerprint density at radius 1 is 0.950 bits per heavy atom. The van der Waals surface area contributed by atoms with Gasteiger partial charge in [-0.2, -0.15) is 0 Å². The molecule has 0 aromatic heterocycles. The maximum absolute atomic E-state index is 13.8. The number of carboxylic acids is 1. The number of nitrogens with zero attached hydrogens (tertiary/aromatic N) is 1. The van der Waals surface area contributed by atoms with Crippen molar-refractivity contribution in [2.45, 2.75) is 56.9 Å². The van der Waals surface area contributed by atoms with Crippen molar-refractivity contribution in [3.8, 4) is 0 Å². The second-order valence-corrected chi connectivity index (χ2v) is 10.9. The molecule has 40 heavy (non-hydrogen) atoms. The van der Waals surface area contributed by atoms with Crippen LogP contribution in [0.3, 0.4) is 0 Å². The molecule has 9 nitrogen and oxygen atoms in total. The van der Waals surface area contributed by atoms with Crippen molar-refractivity contribution >= 4 is 23.7 Å². The van der Waals surface area contributed by atoms with E-state index in [0.717, 1.165) is 11.1 Å². The summed E-state index contributed by atoms with van der Waals surface area (Å²) in [5.41, 5.74) is 0.770. The molecule has 1 fully saturated rings. The molecule has 0 spiro atoms. The number of nitrogens with one attached hydrogen (secondary N) is 3. The zero-order valence-corrected chi connectivity index (χ0v) is 23.7. The Morgan fingerprint density at radius 2 is 1.55 bits per heavy atom. The van der Waals surface area contributed by atoms with E-state index in [1.807, 2.05) is 81.6 Å². The number of benzene rings is 2. The molecule has 1 aliphatic rings. The molecule has 1 aliphatic heterocycles. The molecule has 2 aromatic carbocycles. The number of carboxylic acid groups (broad SMARTS) is 1. The van der Waals surface area contributed by atoms with Crippen LogP contribution in [0.15, 0.2) is 60.7 Å². The quantitative estimate of drug-likeness (QED) is 0.304. The highest BCUT2D eigenvalue weighted by molar-refractivity contribution is 5.92. The van der Waals surface area contributed by atoms with Gasteiger partial charge in [0.05, 0.1) is 11.3 Å². The van der Waals surface area contributed by atoms with Gasteiger partial charge in [-0.05, 0) is 56.3 Å². The maximum atomic E-state index is 13.8. The van der Waals surface area contributed by atoms with Crippen LogP contribution < -0.4 is 16.0 Å². The summed E-state index contributed by atoms with van der Waals surface area (Å²) >= 11 is 0. The Morgan fingerprint density at radius 3 is 2.10 bits per heavy atom. The van der Waals surface area contributed by atoms with Crippen molar-refractivity contribution in [1.82, 2.24) is 20.9 Å². The lowest BCUT2D eigenvalue weighted by atomic mass is 9.71. The van der Waals surface area contributed by atoms with E-state index in [0.29, 0.717) is 45.3 Å². The van der Waals surface area contributed by atoms with Gasteiger partial charge in [0.25, 0.3) is 0 Å². The summed E-state index contributed by atoms with van der Waals surface area (Å²) in [7, 11) is 1.85. The number of aliphatic carboxylic acids is 1. The highest BCUT2D eigenvalue weighted by Crippen LogP contribution is 2.36. The minimum Gasteiger partial charge on any atom is -0.480 e. The van der Waals surface area contributed by atoms with Gasteiger partial charge in [-0.1, -0.05) is 74.5 Å². The lowest BCUT2D eigenvalue weighted by Crippen LogP contribution is -2.57. The van der Waals surface area contributed by atoms with Crippen molar-refractivity contribution in [3.05, 3.63) is 71.8 Å². The van der Waals surface area contributed by atoms with E-state index in [-0.39, 0.29) is 29.6 Å². The summed E-state index contributed by atoms with van der Waals surface area (Å²) in [5.74, 6) is -2.01. The van der Waals surface area contributed by atoms with Gasteiger partial charge in [0.1, 0.15) is 12.6 Å². The molecule has 0 aliphatic carbocycles. The number of piperidine rings is 1. The van der Waals surface area contributed by atoms with Crippen LogP contribution in [0.2, 0.25) is 0 Å². The van der Waals surface area contributed by atoms with Crippen molar-refractivity contribution in [3.63, 3.8) is 0 Å². The van der Waals surface area contributed by atoms with Crippen molar-refractivity contribution in [2.24, 2.45) is 5.92 Å². The third-order valence-electron chi connectivity index (χ3n) is 7.61. The summed E-state index contributed by atoms with van der Waals surface area (Å²) in [4.78, 5) is 53.4. The summed E-state index contributed by atoms with van der Waals surface area (Å²) in [6.45, 7) is 4.88. The standard InChI is InChI=1S/C31H42N4O5/c1-22(2)20-26(34-28(38)25(14-17-32-3)23-10-6-4-7-11-23)29(39)35-18-15-31(16-19-35,24-12-8-5-9-13-24)30(40)33-21-27(36)37/h4-13,22,25-26,32H,14-21H2,1-3H3,(H,33,40)(H,34,38)(H,36,37)/t25?,26-/m1/s1. The normalized spacial score (nSPS) is 16.1. The first kappa shape index (κ1) is 30.8. The lowest BCUT2D eigenvalue weighted by Gasteiger charge is -2.42. The van der Waals surface area contributed by atoms with E-state index in [4.69, 9.17) is 5.11 Å². The number of rotatable bonds is 13. The first-order valence-electron chi connectivity index (χ1n) is 14.0. The van der Waals surface area contributed by atoms with E-state index >= 15 is 0 Å². The summed E-state index contributed by atoms with van der Waals surface area (Å²) < 4.78 is 0. The minimum atomic E-state index is -1.11. The van der Waals surface area contributed by atoms with Gasteiger partial charge in [-0.15, -0.1) is 0 Å².